The molecule has 0 amide bonds. The molecule has 1 saturated heterocycles. The van der Waals surface area contributed by atoms with Crippen molar-refractivity contribution in [3.63, 3.8) is 0 Å². The predicted molar refractivity (Wildman–Crippen MR) is 99.3 cm³/mol. The standard InChI is InChI=1S/C19H31NO2Si/c1-5-21-23(4,22-6-2)19-15-11-8-12-16-20(19)17(3)18-13-9-7-10-14-18/h7,9-10,13-14,19H,3,5-6,8,11-12,15-16H2,1-2,4H3. The van der Waals surface area contributed by atoms with Crippen LogP contribution in [0.15, 0.2) is 36.9 Å². The average Bonchev–Trinajstić information content (AvgIpc) is 2.82. The second-order valence-electron chi connectivity index (χ2n) is 6.25. The van der Waals surface area contributed by atoms with Crippen molar-refractivity contribution in [2.24, 2.45) is 0 Å². The lowest BCUT2D eigenvalue weighted by Gasteiger charge is -2.42. The molecule has 0 aliphatic carbocycles. The summed E-state index contributed by atoms with van der Waals surface area (Å²) >= 11 is 0. The average molecular weight is 334 g/mol. The quantitative estimate of drug-likeness (QED) is 0.681. The first-order chi connectivity index (χ1) is 11.1. The van der Waals surface area contributed by atoms with E-state index in [2.05, 4.69) is 62.2 Å². The summed E-state index contributed by atoms with van der Waals surface area (Å²) in [5.41, 5.74) is 2.64. The third-order valence-corrected chi connectivity index (χ3v) is 8.21. The van der Waals surface area contributed by atoms with Gasteiger partial charge in [-0.25, -0.2) is 0 Å². The molecule has 0 bridgehead atoms. The van der Waals surface area contributed by atoms with Gasteiger partial charge in [-0.15, -0.1) is 0 Å². The number of hydrogen-bond donors (Lipinski definition) is 0. The molecular weight excluding hydrogens is 302 g/mol. The first kappa shape index (κ1) is 18.2. The van der Waals surface area contributed by atoms with Crippen molar-refractivity contribution < 1.29 is 8.85 Å². The van der Waals surface area contributed by atoms with Gasteiger partial charge in [-0.05, 0) is 38.8 Å². The van der Waals surface area contributed by atoms with Crippen LogP contribution in [0.3, 0.4) is 0 Å². The number of nitrogens with zero attached hydrogens (tertiary/aromatic N) is 1. The molecule has 0 radical (unpaired) electrons. The lowest BCUT2D eigenvalue weighted by Crippen LogP contribution is -2.58. The van der Waals surface area contributed by atoms with Crippen molar-refractivity contribution in [1.82, 2.24) is 4.90 Å². The largest absolute Gasteiger partial charge is 0.394 e. The fourth-order valence-corrected chi connectivity index (χ4v) is 6.77. The highest BCUT2D eigenvalue weighted by Crippen LogP contribution is 2.32. The van der Waals surface area contributed by atoms with Crippen LogP contribution in [0.1, 0.15) is 45.1 Å². The van der Waals surface area contributed by atoms with Crippen LogP contribution < -0.4 is 0 Å². The number of likely N-dealkylation sites (tertiary alicyclic amines) is 1. The summed E-state index contributed by atoms with van der Waals surface area (Å²) < 4.78 is 12.4. The lowest BCUT2D eigenvalue weighted by molar-refractivity contribution is 0.153. The van der Waals surface area contributed by atoms with Crippen LogP contribution in [0.4, 0.5) is 0 Å². The van der Waals surface area contributed by atoms with Gasteiger partial charge in [-0.2, -0.15) is 0 Å². The van der Waals surface area contributed by atoms with Gasteiger partial charge in [0.1, 0.15) is 0 Å². The van der Waals surface area contributed by atoms with E-state index < -0.39 is 8.56 Å². The summed E-state index contributed by atoms with van der Waals surface area (Å²) in [6.07, 6.45) is 4.86. The summed E-state index contributed by atoms with van der Waals surface area (Å²) in [5.74, 6) is 0. The maximum Gasteiger partial charge on any atom is 0.358 e. The minimum atomic E-state index is -2.27. The Labute approximate surface area is 142 Å². The first-order valence-electron chi connectivity index (χ1n) is 8.91. The molecule has 2 rings (SSSR count). The van der Waals surface area contributed by atoms with E-state index in [1.165, 1.54) is 24.8 Å². The second-order valence-corrected chi connectivity index (χ2v) is 9.53. The highest BCUT2D eigenvalue weighted by Gasteiger charge is 2.45. The third kappa shape index (κ3) is 4.46. The normalized spacial score (nSPS) is 19.4. The van der Waals surface area contributed by atoms with Crippen molar-refractivity contribution in [3.05, 3.63) is 42.5 Å². The summed E-state index contributed by atoms with van der Waals surface area (Å²) in [7, 11) is -2.27. The van der Waals surface area contributed by atoms with Gasteiger partial charge in [-0.3, -0.25) is 0 Å². The van der Waals surface area contributed by atoms with E-state index in [-0.39, 0.29) is 0 Å². The van der Waals surface area contributed by atoms with Crippen LogP contribution in [-0.4, -0.2) is 38.9 Å². The van der Waals surface area contributed by atoms with Gasteiger partial charge in [0.25, 0.3) is 0 Å². The van der Waals surface area contributed by atoms with Gasteiger partial charge < -0.3 is 13.8 Å². The fourth-order valence-electron chi connectivity index (χ4n) is 3.58. The predicted octanol–water partition coefficient (Wildman–Crippen LogP) is 4.59. The molecule has 4 heteroatoms. The molecule has 0 spiro atoms. The minimum absolute atomic E-state index is 0.331. The Morgan fingerprint density at radius 3 is 2.39 bits per heavy atom. The van der Waals surface area contributed by atoms with Crippen LogP contribution >= 0.6 is 0 Å². The molecule has 128 valence electrons. The molecule has 0 aromatic heterocycles. The van der Waals surface area contributed by atoms with Crippen LogP contribution in [0, 0.1) is 0 Å². The van der Waals surface area contributed by atoms with Gasteiger partial charge in [-0.1, -0.05) is 49.8 Å². The van der Waals surface area contributed by atoms with Crippen LogP contribution in [0.5, 0.6) is 0 Å². The van der Waals surface area contributed by atoms with Crippen molar-refractivity contribution in [1.29, 1.82) is 0 Å². The van der Waals surface area contributed by atoms with Gasteiger partial charge in [0.15, 0.2) is 0 Å². The molecular formula is C19H31NO2Si. The first-order valence-corrected chi connectivity index (χ1v) is 11.3. The van der Waals surface area contributed by atoms with Crippen LogP contribution in [0.25, 0.3) is 5.70 Å². The molecule has 1 unspecified atom stereocenters. The zero-order chi connectivity index (χ0) is 16.7. The van der Waals surface area contributed by atoms with Crippen molar-refractivity contribution in [2.45, 2.75) is 51.7 Å². The Morgan fingerprint density at radius 2 is 1.78 bits per heavy atom. The highest BCUT2D eigenvalue weighted by atomic mass is 28.4. The maximum absolute atomic E-state index is 6.22. The molecule has 0 N–H and O–H groups in total. The Balaban J connectivity index is 2.30. The SMILES string of the molecule is C=C(c1ccccc1)N1CCCCCC1[Si](C)(OCC)OCC. The Bertz CT molecular complexity index is 485. The van der Waals surface area contributed by atoms with Crippen LogP contribution in [0.2, 0.25) is 6.55 Å². The molecule has 1 aliphatic rings. The monoisotopic (exact) mass is 333 g/mol. The minimum Gasteiger partial charge on any atom is -0.394 e. The number of rotatable bonds is 7. The third-order valence-electron chi connectivity index (χ3n) is 4.67. The number of hydrogen-bond acceptors (Lipinski definition) is 3. The van der Waals surface area contributed by atoms with E-state index in [1.807, 2.05) is 0 Å². The molecule has 0 saturated carbocycles. The topological polar surface area (TPSA) is 21.7 Å². The zero-order valence-corrected chi connectivity index (χ0v) is 15.9. The maximum atomic E-state index is 6.22. The zero-order valence-electron chi connectivity index (χ0n) is 14.9. The van der Waals surface area contributed by atoms with E-state index in [0.29, 0.717) is 18.9 Å². The molecule has 1 aromatic carbocycles. The van der Waals surface area contributed by atoms with E-state index in [4.69, 9.17) is 8.85 Å². The summed E-state index contributed by atoms with van der Waals surface area (Å²) in [5, 5.41) is 0. The van der Waals surface area contributed by atoms with Crippen molar-refractivity contribution in [3.8, 4) is 0 Å². The van der Waals surface area contributed by atoms with Crippen LogP contribution in [-0.2, 0) is 8.85 Å². The molecule has 1 atom stereocenters. The van der Waals surface area contributed by atoms with E-state index in [1.54, 1.807) is 0 Å². The van der Waals surface area contributed by atoms with Crippen molar-refractivity contribution in [2.75, 3.05) is 19.8 Å². The molecule has 23 heavy (non-hydrogen) atoms. The lowest BCUT2D eigenvalue weighted by atomic mass is 10.1. The van der Waals surface area contributed by atoms with Gasteiger partial charge in [0, 0.05) is 25.5 Å². The summed E-state index contributed by atoms with van der Waals surface area (Å²) in [6, 6.07) is 10.5. The van der Waals surface area contributed by atoms with E-state index in [0.717, 1.165) is 18.7 Å². The highest BCUT2D eigenvalue weighted by molar-refractivity contribution is 6.67. The number of benzene rings is 1. The van der Waals surface area contributed by atoms with E-state index in [9.17, 15) is 0 Å². The van der Waals surface area contributed by atoms with E-state index >= 15 is 0 Å². The van der Waals surface area contributed by atoms with Gasteiger partial charge in [0.05, 0.1) is 5.67 Å². The summed E-state index contributed by atoms with van der Waals surface area (Å²) in [4.78, 5) is 2.47. The van der Waals surface area contributed by atoms with Gasteiger partial charge in [0.2, 0.25) is 0 Å². The molecule has 1 aliphatic heterocycles. The summed E-state index contributed by atoms with van der Waals surface area (Å²) in [6.45, 7) is 13.2. The molecule has 1 heterocycles. The second kappa shape index (κ2) is 8.67. The molecule has 1 fully saturated rings. The fraction of sp³-hybridized carbons (Fsp3) is 0.579. The Morgan fingerprint density at radius 1 is 1.13 bits per heavy atom. The van der Waals surface area contributed by atoms with Gasteiger partial charge >= 0.3 is 8.56 Å². The molecule has 1 aromatic rings. The Kier molecular flexibility index (Phi) is 6.87. The Hall–Kier alpha value is -1.10. The smallest absolute Gasteiger partial charge is 0.358 e. The van der Waals surface area contributed by atoms with Crippen molar-refractivity contribution >= 4 is 14.3 Å². The molecule has 3 nitrogen and oxygen atoms in total.